The van der Waals surface area contributed by atoms with Crippen molar-refractivity contribution < 1.29 is 4.74 Å². The summed E-state index contributed by atoms with van der Waals surface area (Å²) < 4.78 is 7.71. The lowest BCUT2D eigenvalue weighted by Crippen LogP contribution is -2.18. The standard InChI is InChI=1S/C15H16BrNOS2/c1-9-7-13(11-5-6-19-15(11)20-9)17-10-3-4-14(18-2)12(16)8-10/h3-6,8-9,13,17H,7H2,1-2H3/t9-,13?/m0/s1. The maximum Gasteiger partial charge on any atom is 0.133 e. The number of anilines is 1. The molecule has 1 aromatic carbocycles. The van der Waals surface area contributed by atoms with E-state index in [1.807, 2.05) is 29.2 Å². The molecule has 2 atom stereocenters. The van der Waals surface area contributed by atoms with Crippen LogP contribution >= 0.6 is 39.0 Å². The minimum absolute atomic E-state index is 0.396. The molecule has 1 aliphatic heterocycles. The SMILES string of the molecule is COc1ccc(NC2C[C@H](C)Sc3sccc32)cc1Br. The molecule has 1 unspecified atom stereocenters. The first-order chi connectivity index (χ1) is 9.67. The van der Waals surface area contributed by atoms with E-state index in [9.17, 15) is 0 Å². The third-order valence-corrected chi connectivity index (χ3v) is 6.37. The van der Waals surface area contributed by atoms with Crippen LogP contribution in [0.4, 0.5) is 5.69 Å². The topological polar surface area (TPSA) is 21.3 Å². The molecule has 0 bridgehead atoms. The average Bonchev–Trinajstić information content (AvgIpc) is 2.87. The Kier molecular flexibility index (Phi) is 4.29. The van der Waals surface area contributed by atoms with Crippen LogP contribution in [0.3, 0.4) is 0 Å². The highest BCUT2D eigenvalue weighted by Gasteiger charge is 2.26. The second-order valence-corrected chi connectivity index (χ2v) is 8.35. The second-order valence-electron chi connectivity index (χ2n) is 4.87. The number of benzene rings is 1. The van der Waals surface area contributed by atoms with Crippen molar-refractivity contribution in [2.45, 2.75) is 28.8 Å². The van der Waals surface area contributed by atoms with Gasteiger partial charge in [0.25, 0.3) is 0 Å². The molecule has 5 heteroatoms. The molecule has 1 N–H and O–H groups in total. The molecule has 1 aromatic heterocycles. The lowest BCUT2D eigenvalue weighted by atomic mass is 10.0. The fourth-order valence-electron chi connectivity index (χ4n) is 2.44. The minimum atomic E-state index is 0.396. The molecule has 0 radical (unpaired) electrons. The Morgan fingerprint density at radius 1 is 1.35 bits per heavy atom. The summed E-state index contributed by atoms with van der Waals surface area (Å²) in [6.07, 6.45) is 1.15. The van der Waals surface area contributed by atoms with Crippen LogP contribution in [0.5, 0.6) is 5.75 Å². The highest BCUT2D eigenvalue weighted by atomic mass is 79.9. The van der Waals surface area contributed by atoms with Crippen molar-refractivity contribution in [3.05, 3.63) is 39.7 Å². The van der Waals surface area contributed by atoms with Gasteiger partial charge >= 0.3 is 0 Å². The van der Waals surface area contributed by atoms with Gasteiger partial charge in [-0.2, -0.15) is 0 Å². The number of thioether (sulfide) groups is 1. The highest BCUT2D eigenvalue weighted by Crippen LogP contribution is 2.45. The molecule has 0 fully saturated rings. The summed E-state index contributed by atoms with van der Waals surface area (Å²) >= 11 is 7.38. The number of ether oxygens (including phenoxy) is 1. The number of halogens is 1. The number of methoxy groups -OCH3 is 1. The summed E-state index contributed by atoms with van der Waals surface area (Å²) in [6, 6.07) is 8.78. The largest absolute Gasteiger partial charge is 0.496 e. The maximum absolute atomic E-state index is 5.27. The lowest BCUT2D eigenvalue weighted by molar-refractivity contribution is 0.412. The van der Waals surface area contributed by atoms with Crippen LogP contribution in [-0.2, 0) is 0 Å². The number of thiophene rings is 1. The predicted octanol–water partition coefficient (Wildman–Crippen LogP) is 5.56. The number of hydrogen-bond donors (Lipinski definition) is 1. The van der Waals surface area contributed by atoms with Crippen LogP contribution in [0.2, 0.25) is 0 Å². The number of hydrogen-bond acceptors (Lipinski definition) is 4. The quantitative estimate of drug-likeness (QED) is 0.765. The third kappa shape index (κ3) is 2.85. The van der Waals surface area contributed by atoms with E-state index in [1.165, 1.54) is 9.77 Å². The maximum atomic E-state index is 5.27. The Morgan fingerprint density at radius 3 is 2.95 bits per heavy atom. The molecule has 20 heavy (non-hydrogen) atoms. The Morgan fingerprint density at radius 2 is 2.20 bits per heavy atom. The molecule has 0 amide bonds. The van der Waals surface area contributed by atoms with Crippen LogP contribution < -0.4 is 10.1 Å². The van der Waals surface area contributed by atoms with Gasteiger partial charge in [-0.05, 0) is 57.6 Å². The van der Waals surface area contributed by atoms with Crippen LogP contribution in [0.25, 0.3) is 0 Å². The van der Waals surface area contributed by atoms with E-state index >= 15 is 0 Å². The molecule has 1 aliphatic rings. The molecule has 0 saturated heterocycles. The lowest BCUT2D eigenvalue weighted by Gasteiger charge is -2.28. The molecule has 2 heterocycles. The molecular formula is C15H16BrNOS2. The number of nitrogens with one attached hydrogen (secondary N) is 1. The summed E-state index contributed by atoms with van der Waals surface area (Å²) in [4.78, 5) is 0. The Hall–Kier alpha value is -0.650. The van der Waals surface area contributed by atoms with E-state index in [-0.39, 0.29) is 0 Å². The third-order valence-electron chi connectivity index (χ3n) is 3.40. The predicted molar refractivity (Wildman–Crippen MR) is 91.3 cm³/mol. The van der Waals surface area contributed by atoms with Crippen molar-refractivity contribution in [3.63, 3.8) is 0 Å². The van der Waals surface area contributed by atoms with Gasteiger partial charge in [-0.1, -0.05) is 6.92 Å². The first kappa shape index (κ1) is 14.3. The summed E-state index contributed by atoms with van der Waals surface area (Å²) in [5.74, 6) is 0.861. The van der Waals surface area contributed by atoms with Crippen LogP contribution in [-0.4, -0.2) is 12.4 Å². The van der Waals surface area contributed by atoms with Crippen molar-refractivity contribution in [2.24, 2.45) is 0 Å². The first-order valence-corrected chi connectivity index (χ1v) is 9.06. The van der Waals surface area contributed by atoms with Crippen LogP contribution in [0.1, 0.15) is 24.9 Å². The molecule has 0 saturated carbocycles. The van der Waals surface area contributed by atoms with E-state index in [0.717, 1.165) is 22.3 Å². The molecule has 106 valence electrons. The number of rotatable bonds is 3. The minimum Gasteiger partial charge on any atom is -0.496 e. The van der Waals surface area contributed by atoms with Gasteiger partial charge < -0.3 is 10.1 Å². The van der Waals surface area contributed by atoms with Crippen molar-refractivity contribution >= 4 is 44.7 Å². The van der Waals surface area contributed by atoms with Crippen molar-refractivity contribution in [1.82, 2.24) is 0 Å². The van der Waals surface area contributed by atoms with Gasteiger partial charge in [-0.3, -0.25) is 0 Å². The molecule has 3 rings (SSSR count). The van der Waals surface area contributed by atoms with E-state index < -0.39 is 0 Å². The fourth-order valence-corrected chi connectivity index (χ4v) is 5.55. The van der Waals surface area contributed by atoms with Crippen LogP contribution in [0, 0.1) is 0 Å². The molecule has 0 spiro atoms. The van der Waals surface area contributed by atoms with Gasteiger partial charge in [0, 0.05) is 10.9 Å². The molecule has 0 aliphatic carbocycles. The Bertz CT molecular complexity index is 614. The van der Waals surface area contributed by atoms with Gasteiger partial charge in [-0.25, -0.2) is 0 Å². The van der Waals surface area contributed by atoms with Crippen molar-refractivity contribution in [1.29, 1.82) is 0 Å². The van der Waals surface area contributed by atoms with Gasteiger partial charge in [0.05, 0.1) is 21.8 Å². The summed E-state index contributed by atoms with van der Waals surface area (Å²) in [5.41, 5.74) is 2.56. The first-order valence-electron chi connectivity index (χ1n) is 6.51. The summed E-state index contributed by atoms with van der Waals surface area (Å²) in [6.45, 7) is 2.30. The molecular weight excluding hydrogens is 354 g/mol. The van der Waals surface area contributed by atoms with E-state index in [4.69, 9.17) is 4.74 Å². The molecule has 2 aromatic rings. The zero-order valence-corrected chi connectivity index (χ0v) is 14.6. The summed E-state index contributed by atoms with van der Waals surface area (Å²) in [5, 5.41) is 6.50. The van der Waals surface area contributed by atoms with Crippen molar-refractivity contribution in [3.8, 4) is 5.75 Å². The Balaban J connectivity index is 1.83. The van der Waals surface area contributed by atoms with E-state index in [2.05, 4.69) is 51.7 Å². The number of fused-ring (bicyclic) bond motifs is 1. The average molecular weight is 370 g/mol. The van der Waals surface area contributed by atoms with Gasteiger partial charge in [0.15, 0.2) is 0 Å². The van der Waals surface area contributed by atoms with E-state index in [1.54, 1.807) is 7.11 Å². The zero-order chi connectivity index (χ0) is 14.1. The van der Waals surface area contributed by atoms with E-state index in [0.29, 0.717) is 11.3 Å². The zero-order valence-electron chi connectivity index (χ0n) is 11.4. The van der Waals surface area contributed by atoms with Gasteiger partial charge in [-0.15, -0.1) is 23.1 Å². The summed E-state index contributed by atoms with van der Waals surface area (Å²) in [7, 11) is 1.69. The smallest absolute Gasteiger partial charge is 0.133 e. The second kappa shape index (κ2) is 6.00. The van der Waals surface area contributed by atoms with Crippen molar-refractivity contribution in [2.75, 3.05) is 12.4 Å². The van der Waals surface area contributed by atoms with Gasteiger partial charge in [0.1, 0.15) is 5.75 Å². The fraction of sp³-hybridized carbons (Fsp3) is 0.333. The Labute approximate surface area is 136 Å². The highest BCUT2D eigenvalue weighted by molar-refractivity contribution is 9.10. The normalized spacial score (nSPS) is 21.4. The molecule has 2 nitrogen and oxygen atoms in total. The monoisotopic (exact) mass is 369 g/mol. The van der Waals surface area contributed by atoms with Gasteiger partial charge in [0.2, 0.25) is 0 Å². The van der Waals surface area contributed by atoms with Crippen LogP contribution in [0.15, 0.2) is 38.3 Å².